The van der Waals surface area contributed by atoms with Crippen LogP contribution in [0.5, 0.6) is 0 Å². The normalized spacial score (nSPS) is 10.3. The van der Waals surface area contributed by atoms with E-state index in [1.165, 1.54) is 24.6 Å². The second-order valence-corrected chi connectivity index (χ2v) is 5.75. The Morgan fingerprint density at radius 1 is 1.55 bits per heavy atom. The molecular formula is C11H9N3O4S2. The first-order valence-corrected chi connectivity index (χ1v) is 7.03. The quantitative estimate of drug-likeness (QED) is 0.486. The number of aromatic nitrogens is 2. The number of carbonyl (C=O) groups excluding carboxylic acids is 1. The topological polar surface area (TPSA) is 95.2 Å². The summed E-state index contributed by atoms with van der Waals surface area (Å²) in [6.07, 6.45) is 1.25. The number of methoxy groups -OCH3 is 1. The third-order valence-electron chi connectivity index (χ3n) is 2.23. The molecule has 0 spiro atoms. The highest BCUT2D eigenvalue weighted by Gasteiger charge is 2.21. The SMILES string of the molecule is COC(=O)c1cnc(Sc2nc(C)cs2)c([N+](=O)[O-])c1. The summed E-state index contributed by atoms with van der Waals surface area (Å²) in [6.45, 7) is 1.84. The molecule has 0 N–H and O–H groups in total. The number of nitrogens with zero attached hydrogens (tertiary/aromatic N) is 3. The average molecular weight is 311 g/mol. The molecule has 0 saturated heterocycles. The number of aryl methyl sites for hydroxylation is 1. The molecule has 0 radical (unpaired) electrons. The van der Waals surface area contributed by atoms with Crippen molar-refractivity contribution in [2.24, 2.45) is 0 Å². The zero-order valence-electron chi connectivity index (χ0n) is 10.5. The summed E-state index contributed by atoms with van der Waals surface area (Å²) < 4.78 is 5.17. The Morgan fingerprint density at radius 3 is 2.85 bits per heavy atom. The molecule has 0 bridgehead atoms. The van der Waals surface area contributed by atoms with Crippen molar-refractivity contribution < 1.29 is 14.5 Å². The second-order valence-electron chi connectivity index (χ2n) is 3.65. The first kappa shape index (κ1) is 14.4. The van der Waals surface area contributed by atoms with Gasteiger partial charge in [0.05, 0.1) is 17.6 Å². The predicted octanol–water partition coefficient (Wildman–Crippen LogP) is 2.69. The molecule has 2 rings (SSSR count). The lowest BCUT2D eigenvalue weighted by atomic mass is 10.3. The number of pyridine rings is 1. The number of nitro groups is 1. The van der Waals surface area contributed by atoms with Gasteiger partial charge in [0.15, 0.2) is 9.37 Å². The molecule has 9 heteroatoms. The number of hydrogen-bond donors (Lipinski definition) is 0. The molecule has 0 atom stereocenters. The highest BCUT2D eigenvalue weighted by Crippen LogP contribution is 2.35. The lowest BCUT2D eigenvalue weighted by Gasteiger charge is -2.02. The van der Waals surface area contributed by atoms with Gasteiger partial charge in [0, 0.05) is 23.3 Å². The fraction of sp³-hybridized carbons (Fsp3) is 0.182. The molecule has 20 heavy (non-hydrogen) atoms. The van der Waals surface area contributed by atoms with Crippen LogP contribution in [0.4, 0.5) is 5.69 Å². The third-order valence-corrected chi connectivity index (χ3v) is 4.30. The van der Waals surface area contributed by atoms with E-state index in [2.05, 4.69) is 14.7 Å². The molecule has 0 saturated carbocycles. The van der Waals surface area contributed by atoms with E-state index in [9.17, 15) is 14.9 Å². The van der Waals surface area contributed by atoms with E-state index >= 15 is 0 Å². The molecule has 0 amide bonds. The molecule has 0 aliphatic carbocycles. The first-order valence-electron chi connectivity index (χ1n) is 5.34. The lowest BCUT2D eigenvalue weighted by molar-refractivity contribution is -0.388. The van der Waals surface area contributed by atoms with Gasteiger partial charge in [0.2, 0.25) is 0 Å². The van der Waals surface area contributed by atoms with Gasteiger partial charge in [-0.25, -0.2) is 14.8 Å². The summed E-state index contributed by atoms with van der Waals surface area (Å²) >= 11 is 2.47. The Labute approximate surface area is 122 Å². The molecule has 2 heterocycles. The summed E-state index contributed by atoms with van der Waals surface area (Å²) in [7, 11) is 1.20. The average Bonchev–Trinajstić information content (AvgIpc) is 2.83. The molecule has 0 aliphatic heterocycles. The zero-order chi connectivity index (χ0) is 14.7. The standard InChI is InChI=1S/C11H9N3O4S2/c1-6-5-19-11(13-6)20-9-8(14(16)17)3-7(4-12-9)10(15)18-2/h3-5H,1-2H3. The first-order chi connectivity index (χ1) is 9.51. The molecule has 0 aromatic carbocycles. The fourth-order valence-corrected chi connectivity index (χ4v) is 3.13. The van der Waals surface area contributed by atoms with E-state index in [-0.39, 0.29) is 16.3 Å². The van der Waals surface area contributed by atoms with Crippen LogP contribution in [-0.2, 0) is 4.74 Å². The maximum atomic E-state index is 11.4. The van der Waals surface area contributed by atoms with Gasteiger partial charge in [-0.05, 0) is 18.7 Å². The summed E-state index contributed by atoms with van der Waals surface area (Å²) in [4.78, 5) is 30.0. The molecule has 2 aromatic rings. The Kier molecular flexibility index (Phi) is 4.30. The lowest BCUT2D eigenvalue weighted by Crippen LogP contribution is -2.04. The highest BCUT2D eigenvalue weighted by atomic mass is 32.2. The fourth-order valence-electron chi connectivity index (χ4n) is 1.34. The minimum absolute atomic E-state index is 0.0406. The van der Waals surface area contributed by atoms with Crippen molar-refractivity contribution in [1.82, 2.24) is 9.97 Å². The molecular weight excluding hydrogens is 302 g/mol. The van der Waals surface area contributed by atoms with Gasteiger partial charge in [-0.3, -0.25) is 10.1 Å². The van der Waals surface area contributed by atoms with E-state index < -0.39 is 10.9 Å². The van der Waals surface area contributed by atoms with Crippen LogP contribution in [0.3, 0.4) is 0 Å². The van der Waals surface area contributed by atoms with Crippen LogP contribution < -0.4 is 0 Å². The van der Waals surface area contributed by atoms with Gasteiger partial charge in [0.25, 0.3) is 0 Å². The molecule has 0 fully saturated rings. The van der Waals surface area contributed by atoms with E-state index in [4.69, 9.17) is 0 Å². The van der Waals surface area contributed by atoms with E-state index in [0.29, 0.717) is 4.34 Å². The van der Waals surface area contributed by atoms with Crippen LogP contribution in [-0.4, -0.2) is 28.0 Å². The van der Waals surface area contributed by atoms with Crippen LogP contribution in [0.15, 0.2) is 27.0 Å². The number of esters is 1. The van der Waals surface area contributed by atoms with Crippen molar-refractivity contribution in [2.45, 2.75) is 16.3 Å². The van der Waals surface area contributed by atoms with Crippen molar-refractivity contribution in [3.05, 3.63) is 39.0 Å². The number of thiazole rings is 1. The van der Waals surface area contributed by atoms with Crippen molar-refractivity contribution in [3.63, 3.8) is 0 Å². The van der Waals surface area contributed by atoms with Crippen LogP contribution in [0, 0.1) is 17.0 Å². The van der Waals surface area contributed by atoms with Crippen molar-refractivity contribution >= 4 is 34.8 Å². The number of carbonyl (C=O) groups is 1. The van der Waals surface area contributed by atoms with Crippen LogP contribution in [0.25, 0.3) is 0 Å². The third kappa shape index (κ3) is 3.11. The Bertz CT molecular complexity index is 671. The maximum absolute atomic E-state index is 11.4. The molecule has 104 valence electrons. The van der Waals surface area contributed by atoms with Crippen molar-refractivity contribution in [3.8, 4) is 0 Å². The van der Waals surface area contributed by atoms with Gasteiger partial charge in [-0.2, -0.15) is 0 Å². The zero-order valence-corrected chi connectivity index (χ0v) is 12.2. The van der Waals surface area contributed by atoms with Crippen molar-refractivity contribution in [2.75, 3.05) is 7.11 Å². The Balaban J connectivity index is 2.37. The van der Waals surface area contributed by atoms with E-state index in [1.54, 1.807) is 0 Å². The predicted molar refractivity (Wildman–Crippen MR) is 73.2 cm³/mol. The van der Waals surface area contributed by atoms with Gasteiger partial charge in [-0.15, -0.1) is 11.3 Å². The van der Waals surface area contributed by atoms with Crippen LogP contribution >= 0.6 is 23.1 Å². The minimum Gasteiger partial charge on any atom is -0.465 e. The van der Waals surface area contributed by atoms with Crippen LogP contribution in [0.1, 0.15) is 16.1 Å². The van der Waals surface area contributed by atoms with Gasteiger partial charge in [-0.1, -0.05) is 0 Å². The summed E-state index contributed by atoms with van der Waals surface area (Å²) in [5.41, 5.74) is 0.635. The minimum atomic E-state index is -0.665. The summed E-state index contributed by atoms with van der Waals surface area (Å²) in [5.74, 6) is -0.665. The maximum Gasteiger partial charge on any atom is 0.339 e. The van der Waals surface area contributed by atoms with Crippen LogP contribution in [0.2, 0.25) is 0 Å². The van der Waals surface area contributed by atoms with E-state index in [1.807, 2.05) is 12.3 Å². The monoisotopic (exact) mass is 311 g/mol. The Hall–Kier alpha value is -2.00. The smallest absolute Gasteiger partial charge is 0.339 e. The highest BCUT2D eigenvalue weighted by molar-refractivity contribution is 8.01. The molecule has 0 aliphatic rings. The largest absolute Gasteiger partial charge is 0.465 e. The summed E-state index contributed by atoms with van der Waals surface area (Å²) in [6, 6.07) is 1.15. The molecule has 2 aromatic heterocycles. The Morgan fingerprint density at radius 2 is 2.30 bits per heavy atom. The second kappa shape index (κ2) is 5.97. The summed E-state index contributed by atoms with van der Waals surface area (Å²) in [5, 5.41) is 13.1. The van der Waals surface area contributed by atoms with Gasteiger partial charge < -0.3 is 4.74 Å². The molecule has 0 unspecified atom stereocenters. The van der Waals surface area contributed by atoms with Gasteiger partial charge in [0.1, 0.15) is 0 Å². The molecule has 7 nitrogen and oxygen atoms in total. The van der Waals surface area contributed by atoms with Gasteiger partial charge >= 0.3 is 11.7 Å². The number of hydrogen-bond acceptors (Lipinski definition) is 8. The number of ether oxygens (including phenoxy) is 1. The number of rotatable bonds is 4. The van der Waals surface area contributed by atoms with Crippen molar-refractivity contribution in [1.29, 1.82) is 0 Å². The van der Waals surface area contributed by atoms with E-state index in [0.717, 1.165) is 23.5 Å².